The van der Waals surface area contributed by atoms with Crippen LogP contribution < -0.4 is 10.1 Å². The molecule has 0 aliphatic rings. The predicted octanol–water partition coefficient (Wildman–Crippen LogP) is 2.48. The highest BCUT2D eigenvalue weighted by Gasteiger charge is 2.09. The highest BCUT2D eigenvalue weighted by atomic mass is 35.5. The van der Waals surface area contributed by atoms with Crippen molar-refractivity contribution in [2.45, 2.75) is 32.2 Å². The van der Waals surface area contributed by atoms with Crippen LogP contribution in [0.25, 0.3) is 0 Å². The van der Waals surface area contributed by atoms with Gasteiger partial charge in [-0.25, -0.2) is 0 Å². The standard InChI is InChI=1S/C14H18ClNO4/c1-10(3-2-4-14(18)19)16-13(17)9-20-12-7-5-11(15)6-8-12/h5-8,10H,2-4,9H2,1H3,(H,16,17)(H,18,19). The summed E-state index contributed by atoms with van der Waals surface area (Å²) in [6.07, 6.45) is 1.27. The number of hydrogen-bond acceptors (Lipinski definition) is 3. The molecule has 0 fully saturated rings. The quantitative estimate of drug-likeness (QED) is 0.773. The summed E-state index contributed by atoms with van der Waals surface area (Å²) in [6.45, 7) is 1.76. The fourth-order valence-electron chi connectivity index (χ4n) is 1.63. The van der Waals surface area contributed by atoms with E-state index in [1.54, 1.807) is 24.3 Å². The fourth-order valence-corrected chi connectivity index (χ4v) is 1.75. The Labute approximate surface area is 122 Å². The number of carbonyl (C=O) groups excluding carboxylic acids is 1. The van der Waals surface area contributed by atoms with Crippen molar-refractivity contribution in [3.05, 3.63) is 29.3 Å². The zero-order valence-corrected chi connectivity index (χ0v) is 12.0. The second-order valence-electron chi connectivity index (χ2n) is 4.50. The van der Waals surface area contributed by atoms with Gasteiger partial charge in [0, 0.05) is 17.5 Å². The van der Waals surface area contributed by atoms with Gasteiger partial charge >= 0.3 is 5.97 Å². The molecule has 0 saturated heterocycles. The summed E-state index contributed by atoms with van der Waals surface area (Å²) >= 11 is 5.74. The Morgan fingerprint density at radius 1 is 1.35 bits per heavy atom. The molecule has 5 nitrogen and oxygen atoms in total. The number of benzene rings is 1. The lowest BCUT2D eigenvalue weighted by molar-refractivity contribution is -0.137. The number of halogens is 1. The number of carbonyl (C=O) groups is 2. The van der Waals surface area contributed by atoms with Crippen LogP contribution in [0, 0.1) is 0 Å². The van der Waals surface area contributed by atoms with E-state index in [0.29, 0.717) is 23.6 Å². The van der Waals surface area contributed by atoms with E-state index in [1.807, 2.05) is 6.92 Å². The predicted molar refractivity (Wildman–Crippen MR) is 76.0 cm³/mol. The SMILES string of the molecule is CC(CCCC(=O)O)NC(=O)COc1ccc(Cl)cc1. The fraction of sp³-hybridized carbons (Fsp3) is 0.429. The maximum Gasteiger partial charge on any atom is 0.303 e. The van der Waals surface area contributed by atoms with Gasteiger partial charge in [-0.05, 0) is 44.0 Å². The molecule has 1 aromatic carbocycles. The third-order valence-electron chi connectivity index (χ3n) is 2.62. The third-order valence-corrected chi connectivity index (χ3v) is 2.87. The molecule has 6 heteroatoms. The van der Waals surface area contributed by atoms with Gasteiger partial charge in [0.05, 0.1) is 0 Å². The Morgan fingerprint density at radius 3 is 2.60 bits per heavy atom. The molecule has 1 rings (SSSR count). The number of amides is 1. The Hall–Kier alpha value is -1.75. The zero-order valence-electron chi connectivity index (χ0n) is 11.3. The summed E-state index contributed by atoms with van der Waals surface area (Å²) in [6, 6.07) is 6.67. The third kappa shape index (κ3) is 6.99. The van der Waals surface area contributed by atoms with Crippen molar-refractivity contribution in [1.29, 1.82) is 0 Å². The summed E-state index contributed by atoms with van der Waals surface area (Å²) in [7, 11) is 0. The minimum absolute atomic E-state index is 0.0735. The van der Waals surface area contributed by atoms with Crippen molar-refractivity contribution < 1.29 is 19.4 Å². The number of ether oxygens (including phenoxy) is 1. The monoisotopic (exact) mass is 299 g/mol. The lowest BCUT2D eigenvalue weighted by atomic mass is 10.1. The van der Waals surface area contributed by atoms with E-state index in [-0.39, 0.29) is 25.0 Å². The number of rotatable bonds is 8. The van der Waals surface area contributed by atoms with Crippen molar-refractivity contribution >= 4 is 23.5 Å². The van der Waals surface area contributed by atoms with Crippen LogP contribution in [0.1, 0.15) is 26.2 Å². The molecule has 1 aromatic rings. The Kier molecular flexibility index (Phi) is 6.87. The molecule has 0 heterocycles. The first-order chi connectivity index (χ1) is 9.47. The maximum absolute atomic E-state index is 11.6. The van der Waals surface area contributed by atoms with Crippen LogP contribution in [0.3, 0.4) is 0 Å². The Bertz CT molecular complexity index is 447. The molecule has 0 radical (unpaired) electrons. The Morgan fingerprint density at radius 2 is 2.00 bits per heavy atom. The number of carboxylic acid groups (broad SMARTS) is 1. The Balaban J connectivity index is 2.22. The molecule has 0 aliphatic heterocycles. The molecule has 0 bridgehead atoms. The van der Waals surface area contributed by atoms with Crippen LogP contribution in [0.15, 0.2) is 24.3 Å². The minimum atomic E-state index is -0.824. The molecule has 1 unspecified atom stereocenters. The van der Waals surface area contributed by atoms with Crippen LogP contribution in [0.5, 0.6) is 5.75 Å². The first-order valence-corrected chi connectivity index (χ1v) is 6.74. The van der Waals surface area contributed by atoms with Gasteiger partial charge in [-0.1, -0.05) is 11.6 Å². The van der Waals surface area contributed by atoms with Crippen LogP contribution in [0.2, 0.25) is 5.02 Å². The van der Waals surface area contributed by atoms with Crippen molar-refractivity contribution in [2.75, 3.05) is 6.61 Å². The van der Waals surface area contributed by atoms with E-state index >= 15 is 0 Å². The summed E-state index contributed by atoms with van der Waals surface area (Å²) in [5, 5.41) is 11.9. The van der Waals surface area contributed by atoms with Crippen molar-refractivity contribution in [1.82, 2.24) is 5.32 Å². The molecular formula is C14H18ClNO4. The number of carboxylic acids is 1. The van der Waals surface area contributed by atoms with Gasteiger partial charge in [-0.15, -0.1) is 0 Å². The zero-order chi connectivity index (χ0) is 15.0. The normalized spacial score (nSPS) is 11.7. The second-order valence-corrected chi connectivity index (χ2v) is 4.93. The van der Waals surface area contributed by atoms with Crippen LogP contribution in [-0.2, 0) is 9.59 Å². The number of nitrogens with one attached hydrogen (secondary N) is 1. The molecule has 0 spiro atoms. The van der Waals surface area contributed by atoms with E-state index in [0.717, 1.165) is 0 Å². The topological polar surface area (TPSA) is 75.6 Å². The van der Waals surface area contributed by atoms with Crippen LogP contribution in [0.4, 0.5) is 0 Å². The average Bonchev–Trinajstić information content (AvgIpc) is 2.37. The van der Waals surface area contributed by atoms with Crippen molar-refractivity contribution in [3.8, 4) is 5.75 Å². The van der Waals surface area contributed by atoms with Gasteiger partial charge < -0.3 is 15.2 Å². The van der Waals surface area contributed by atoms with Crippen molar-refractivity contribution in [2.24, 2.45) is 0 Å². The van der Waals surface area contributed by atoms with E-state index in [9.17, 15) is 9.59 Å². The van der Waals surface area contributed by atoms with Crippen molar-refractivity contribution in [3.63, 3.8) is 0 Å². The molecule has 0 saturated carbocycles. The van der Waals surface area contributed by atoms with Gasteiger partial charge in [0.1, 0.15) is 5.75 Å². The summed E-state index contributed by atoms with van der Waals surface area (Å²) in [5.74, 6) is -0.486. The average molecular weight is 300 g/mol. The molecule has 110 valence electrons. The molecule has 1 atom stereocenters. The first-order valence-electron chi connectivity index (χ1n) is 6.37. The van der Waals surface area contributed by atoms with Gasteiger partial charge in [0.15, 0.2) is 6.61 Å². The molecule has 0 aromatic heterocycles. The van der Waals surface area contributed by atoms with E-state index in [2.05, 4.69) is 5.32 Å². The highest BCUT2D eigenvalue weighted by Crippen LogP contribution is 2.15. The molecule has 2 N–H and O–H groups in total. The summed E-state index contributed by atoms with van der Waals surface area (Å²) in [5.41, 5.74) is 0. The lowest BCUT2D eigenvalue weighted by Gasteiger charge is -2.13. The number of hydrogen-bond donors (Lipinski definition) is 2. The van der Waals surface area contributed by atoms with Gasteiger partial charge in [0.25, 0.3) is 5.91 Å². The van der Waals surface area contributed by atoms with Crippen LogP contribution in [-0.4, -0.2) is 29.6 Å². The minimum Gasteiger partial charge on any atom is -0.484 e. The lowest BCUT2D eigenvalue weighted by Crippen LogP contribution is -2.36. The largest absolute Gasteiger partial charge is 0.484 e. The summed E-state index contributed by atoms with van der Waals surface area (Å²) < 4.78 is 5.30. The first kappa shape index (κ1) is 16.3. The molecule has 20 heavy (non-hydrogen) atoms. The van der Waals surface area contributed by atoms with Gasteiger partial charge in [-0.3, -0.25) is 9.59 Å². The molecule has 0 aliphatic carbocycles. The number of aliphatic carboxylic acids is 1. The van der Waals surface area contributed by atoms with Crippen LogP contribution >= 0.6 is 11.6 Å². The second kappa shape index (κ2) is 8.43. The highest BCUT2D eigenvalue weighted by molar-refractivity contribution is 6.30. The molecule has 1 amide bonds. The van der Waals surface area contributed by atoms with E-state index < -0.39 is 5.97 Å². The van der Waals surface area contributed by atoms with E-state index in [4.69, 9.17) is 21.4 Å². The van der Waals surface area contributed by atoms with E-state index in [1.165, 1.54) is 0 Å². The van der Waals surface area contributed by atoms with Gasteiger partial charge in [-0.2, -0.15) is 0 Å². The maximum atomic E-state index is 11.6. The molecular weight excluding hydrogens is 282 g/mol. The summed E-state index contributed by atoms with van der Waals surface area (Å²) in [4.78, 5) is 22.0. The smallest absolute Gasteiger partial charge is 0.303 e. The van der Waals surface area contributed by atoms with Gasteiger partial charge in [0.2, 0.25) is 0 Å².